The summed E-state index contributed by atoms with van der Waals surface area (Å²) < 4.78 is 0.0000758. The van der Waals surface area contributed by atoms with Crippen molar-refractivity contribution in [1.82, 2.24) is 20.6 Å². The number of anilines is 1. The first kappa shape index (κ1) is 22.7. The third-order valence-corrected chi connectivity index (χ3v) is 6.13. The number of thioether (sulfide) groups is 1. The van der Waals surface area contributed by atoms with E-state index in [-0.39, 0.29) is 10.7 Å². The van der Waals surface area contributed by atoms with Crippen LogP contribution in [-0.4, -0.2) is 31.3 Å². The Morgan fingerprint density at radius 1 is 1.00 bits per heavy atom. The predicted molar refractivity (Wildman–Crippen MR) is 134 cm³/mol. The summed E-state index contributed by atoms with van der Waals surface area (Å²) >= 11 is 1.73. The van der Waals surface area contributed by atoms with E-state index in [2.05, 4.69) is 58.8 Å². The molecule has 0 atom stereocenters. The highest BCUT2D eigenvalue weighted by atomic mass is 32.2. The summed E-state index contributed by atoms with van der Waals surface area (Å²) in [5.41, 5.74) is 5.76. The Hall–Kier alpha value is -3.45. The highest BCUT2D eigenvalue weighted by molar-refractivity contribution is 8.00. The van der Waals surface area contributed by atoms with Crippen LogP contribution in [-0.2, 0) is 11.2 Å². The van der Waals surface area contributed by atoms with Crippen molar-refractivity contribution in [1.29, 1.82) is 0 Å². The standard InChI is InChI=1S/C26H27N5OS/c1-17-8-7-9-18(14-17)15-24(32)27-22-16-19(12-13-23(22)33-26(2,3)4)20-10-5-6-11-21(20)25-28-30-31-29-25/h5-14,16H,15H2,1-4H3,(H,27,32)(H,28,29,30,31). The normalized spacial score (nSPS) is 11.4. The quantitative estimate of drug-likeness (QED) is 0.352. The number of tetrazole rings is 1. The van der Waals surface area contributed by atoms with Crippen LogP contribution in [0.5, 0.6) is 0 Å². The summed E-state index contributed by atoms with van der Waals surface area (Å²) in [5.74, 6) is 0.490. The maximum absolute atomic E-state index is 13.0. The smallest absolute Gasteiger partial charge is 0.228 e. The summed E-state index contributed by atoms with van der Waals surface area (Å²) in [7, 11) is 0. The van der Waals surface area contributed by atoms with E-state index in [0.29, 0.717) is 12.2 Å². The Morgan fingerprint density at radius 2 is 1.79 bits per heavy atom. The van der Waals surface area contributed by atoms with Gasteiger partial charge in [0.25, 0.3) is 0 Å². The minimum atomic E-state index is -0.0417. The average molecular weight is 458 g/mol. The molecular weight excluding hydrogens is 430 g/mol. The molecule has 0 aliphatic rings. The molecule has 4 rings (SSSR count). The zero-order valence-corrected chi connectivity index (χ0v) is 20.0. The molecule has 0 saturated carbocycles. The minimum Gasteiger partial charge on any atom is -0.325 e. The summed E-state index contributed by atoms with van der Waals surface area (Å²) in [4.78, 5) is 14.0. The minimum absolute atomic E-state index is 0.0000758. The van der Waals surface area contributed by atoms with Crippen molar-refractivity contribution in [3.63, 3.8) is 0 Å². The average Bonchev–Trinajstić information content (AvgIpc) is 3.29. The van der Waals surface area contributed by atoms with Crippen LogP contribution in [0.1, 0.15) is 31.9 Å². The maximum Gasteiger partial charge on any atom is 0.228 e. The summed E-state index contributed by atoms with van der Waals surface area (Å²) in [6, 6.07) is 22.1. The zero-order chi connectivity index (χ0) is 23.4. The summed E-state index contributed by atoms with van der Waals surface area (Å²) in [6.07, 6.45) is 0.324. The van der Waals surface area contributed by atoms with Crippen molar-refractivity contribution in [3.05, 3.63) is 77.9 Å². The van der Waals surface area contributed by atoms with E-state index in [0.717, 1.165) is 38.4 Å². The second kappa shape index (κ2) is 9.58. The van der Waals surface area contributed by atoms with Gasteiger partial charge in [0, 0.05) is 15.2 Å². The lowest BCUT2D eigenvalue weighted by atomic mass is 9.99. The van der Waals surface area contributed by atoms with Crippen molar-refractivity contribution in [3.8, 4) is 22.5 Å². The molecule has 0 unspecified atom stereocenters. The number of H-pyrrole nitrogens is 1. The molecule has 7 heteroatoms. The molecule has 168 valence electrons. The van der Waals surface area contributed by atoms with Gasteiger partial charge in [-0.15, -0.1) is 22.0 Å². The topological polar surface area (TPSA) is 83.6 Å². The number of hydrogen-bond acceptors (Lipinski definition) is 5. The first-order valence-corrected chi connectivity index (χ1v) is 11.6. The van der Waals surface area contributed by atoms with Crippen LogP contribution in [0.2, 0.25) is 0 Å². The Balaban J connectivity index is 1.69. The molecule has 1 amide bonds. The van der Waals surface area contributed by atoms with Gasteiger partial charge in [-0.3, -0.25) is 4.79 Å². The van der Waals surface area contributed by atoms with E-state index < -0.39 is 0 Å². The third-order valence-electron chi connectivity index (χ3n) is 4.94. The van der Waals surface area contributed by atoms with Gasteiger partial charge in [0.05, 0.1) is 12.1 Å². The van der Waals surface area contributed by atoms with E-state index in [1.54, 1.807) is 11.8 Å². The molecular formula is C26H27N5OS. The van der Waals surface area contributed by atoms with Gasteiger partial charge in [-0.1, -0.05) is 80.9 Å². The van der Waals surface area contributed by atoms with Gasteiger partial charge >= 0.3 is 0 Å². The van der Waals surface area contributed by atoms with Crippen LogP contribution in [0.25, 0.3) is 22.5 Å². The Kier molecular flexibility index (Phi) is 6.60. The van der Waals surface area contributed by atoms with Crippen molar-refractivity contribution in [2.24, 2.45) is 0 Å². The van der Waals surface area contributed by atoms with Crippen molar-refractivity contribution < 1.29 is 4.79 Å². The van der Waals surface area contributed by atoms with Gasteiger partial charge in [0.1, 0.15) is 0 Å². The van der Waals surface area contributed by atoms with Crippen LogP contribution in [0.15, 0.2) is 71.6 Å². The fourth-order valence-electron chi connectivity index (χ4n) is 3.62. The van der Waals surface area contributed by atoms with Gasteiger partial charge in [-0.25, -0.2) is 0 Å². The summed E-state index contributed by atoms with van der Waals surface area (Å²) in [6.45, 7) is 8.52. The number of amides is 1. The zero-order valence-electron chi connectivity index (χ0n) is 19.2. The largest absolute Gasteiger partial charge is 0.325 e. The van der Waals surface area contributed by atoms with Gasteiger partial charge in [-0.2, -0.15) is 5.21 Å². The van der Waals surface area contributed by atoms with E-state index in [4.69, 9.17) is 0 Å². The molecule has 1 aromatic heterocycles. The van der Waals surface area contributed by atoms with E-state index >= 15 is 0 Å². The van der Waals surface area contributed by atoms with E-state index in [1.807, 2.05) is 61.5 Å². The van der Waals surface area contributed by atoms with Gasteiger partial charge in [0.15, 0.2) is 0 Å². The fraction of sp³-hybridized carbons (Fsp3) is 0.231. The molecule has 0 saturated heterocycles. The number of aromatic amines is 1. The number of carbonyl (C=O) groups is 1. The highest BCUT2D eigenvalue weighted by Crippen LogP contribution is 2.40. The molecule has 0 aliphatic carbocycles. The fourth-order valence-corrected chi connectivity index (χ4v) is 4.64. The molecule has 0 spiro atoms. The lowest BCUT2D eigenvalue weighted by molar-refractivity contribution is -0.115. The number of aryl methyl sites for hydroxylation is 1. The Morgan fingerprint density at radius 3 is 2.48 bits per heavy atom. The Labute approximate surface area is 198 Å². The van der Waals surface area contributed by atoms with Crippen LogP contribution in [0.4, 0.5) is 5.69 Å². The highest BCUT2D eigenvalue weighted by Gasteiger charge is 2.18. The number of hydrogen-bond donors (Lipinski definition) is 2. The lowest BCUT2D eigenvalue weighted by Gasteiger charge is -2.21. The number of benzene rings is 3. The van der Waals surface area contributed by atoms with Crippen molar-refractivity contribution in [2.45, 2.75) is 43.8 Å². The molecule has 3 aromatic carbocycles. The Bertz CT molecular complexity index is 1260. The molecule has 0 radical (unpaired) electrons. The van der Waals surface area contributed by atoms with Gasteiger partial charge in [0.2, 0.25) is 11.7 Å². The second-order valence-electron chi connectivity index (χ2n) is 8.92. The van der Waals surface area contributed by atoms with Crippen LogP contribution in [0, 0.1) is 6.92 Å². The van der Waals surface area contributed by atoms with Crippen LogP contribution < -0.4 is 5.32 Å². The predicted octanol–water partition coefficient (Wildman–Crippen LogP) is 5.91. The number of rotatable bonds is 6. The molecule has 0 aliphatic heterocycles. The van der Waals surface area contributed by atoms with Crippen molar-refractivity contribution in [2.75, 3.05) is 5.32 Å². The molecule has 2 N–H and O–H groups in total. The molecule has 0 fully saturated rings. The molecule has 1 heterocycles. The molecule has 6 nitrogen and oxygen atoms in total. The number of nitrogens with zero attached hydrogens (tertiary/aromatic N) is 3. The van der Waals surface area contributed by atoms with Crippen molar-refractivity contribution >= 4 is 23.4 Å². The SMILES string of the molecule is Cc1cccc(CC(=O)Nc2cc(-c3ccccc3-c3nn[nH]n3)ccc2SC(C)(C)C)c1. The van der Waals surface area contributed by atoms with Gasteiger partial charge in [-0.05, 0) is 41.0 Å². The first-order chi connectivity index (χ1) is 15.8. The lowest BCUT2D eigenvalue weighted by Crippen LogP contribution is -2.16. The summed E-state index contributed by atoms with van der Waals surface area (Å²) in [5, 5.41) is 17.7. The maximum atomic E-state index is 13.0. The first-order valence-electron chi connectivity index (χ1n) is 10.8. The third kappa shape index (κ3) is 5.87. The number of nitrogens with one attached hydrogen (secondary N) is 2. The molecule has 0 bridgehead atoms. The van der Waals surface area contributed by atoms with E-state index in [9.17, 15) is 4.79 Å². The molecule has 33 heavy (non-hydrogen) atoms. The van der Waals surface area contributed by atoms with E-state index in [1.165, 1.54) is 0 Å². The number of aromatic nitrogens is 4. The number of carbonyl (C=O) groups excluding carboxylic acids is 1. The van der Waals surface area contributed by atoms with Gasteiger partial charge < -0.3 is 5.32 Å². The van der Waals surface area contributed by atoms with Crippen LogP contribution in [0.3, 0.4) is 0 Å². The molecule has 4 aromatic rings. The second-order valence-corrected chi connectivity index (χ2v) is 10.8. The van der Waals surface area contributed by atoms with Crippen LogP contribution >= 0.6 is 11.8 Å². The monoisotopic (exact) mass is 457 g/mol.